The van der Waals surface area contributed by atoms with Gasteiger partial charge in [0.05, 0.1) is 11.7 Å². The van der Waals surface area contributed by atoms with Crippen LogP contribution in [0.1, 0.15) is 37.4 Å². The van der Waals surface area contributed by atoms with Gasteiger partial charge in [0.25, 0.3) is 6.01 Å². The van der Waals surface area contributed by atoms with E-state index in [2.05, 4.69) is 53.5 Å². The van der Waals surface area contributed by atoms with Crippen LogP contribution in [0.2, 0.25) is 0 Å². The Morgan fingerprint density at radius 2 is 2.20 bits per heavy atom. The molecule has 0 spiro atoms. The SMILES string of the molecule is CC(C)CNCc1coc(N(C)C(C)c2cccs2)n1. The van der Waals surface area contributed by atoms with Crippen molar-refractivity contribution in [2.24, 2.45) is 5.92 Å². The van der Waals surface area contributed by atoms with Crippen LogP contribution in [-0.2, 0) is 6.54 Å². The van der Waals surface area contributed by atoms with Crippen molar-refractivity contribution in [3.8, 4) is 0 Å². The van der Waals surface area contributed by atoms with Gasteiger partial charge in [0.15, 0.2) is 0 Å². The van der Waals surface area contributed by atoms with Crippen LogP contribution in [0.3, 0.4) is 0 Å². The van der Waals surface area contributed by atoms with E-state index in [0.29, 0.717) is 11.9 Å². The smallest absolute Gasteiger partial charge is 0.297 e. The molecule has 1 N–H and O–H groups in total. The molecule has 1 unspecified atom stereocenters. The topological polar surface area (TPSA) is 41.3 Å². The monoisotopic (exact) mass is 293 g/mol. The molecule has 2 aromatic rings. The number of hydrogen-bond donors (Lipinski definition) is 1. The zero-order valence-corrected chi connectivity index (χ0v) is 13.4. The van der Waals surface area contributed by atoms with Crippen LogP contribution in [0.4, 0.5) is 6.01 Å². The zero-order valence-electron chi connectivity index (χ0n) is 12.6. The quantitative estimate of drug-likeness (QED) is 0.845. The summed E-state index contributed by atoms with van der Waals surface area (Å²) in [7, 11) is 2.02. The summed E-state index contributed by atoms with van der Waals surface area (Å²) in [4.78, 5) is 7.92. The van der Waals surface area contributed by atoms with Crippen LogP contribution in [0.25, 0.3) is 0 Å². The number of aromatic nitrogens is 1. The molecule has 0 fully saturated rings. The van der Waals surface area contributed by atoms with E-state index in [1.807, 2.05) is 7.05 Å². The van der Waals surface area contributed by atoms with E-state index in [0.717, 1.165) is 18.8 Å². The van der Waals surface area contributed by atoms with E-state index in [4.69, 9.17) is 4.42 Å². The second-order valence-electron chi connectivity index (χ2n) is 5.45. The number of thiophene rings is 1. The van der Waals surface area contributed by atoms with Crippen LogP contribution in [0.5, 0.6) is 0 Å². The maximum Gasteiger partial charge on any atom is 0.297 e. The minimum absolute atomic E-state index is 0.269. The molecule has 0 aromatic carbocycles. The van der Waals surface area contributed by atoms with Crippen LogP contribution in [0.15, 0.2) is 28.2 Å². The fraction of sp³-hybridized carbons (Fsp3) is 0.533. The van der Waals surface area contributed by atoms with Gasteiger partial charge in [-0.1, -0.05) is 19.9 Å². The number of nitrogens with zero attached hydrogens (tertiary/aromatic N) is 2. The fourth-order valence-corrected chi connectivity index (χ4v) is 2.74. The van der Waals surface area contributed by atoms with Crippen LogP contribution >= 0.6 is 11.3 Å². The first-order chi connectivity index (χ1) is 9.58. The molecule has 2 rings (SSSR count). The van der Waals surface area contributed by atoms with Gasteiger partial charge in [-0.15, -0.1) is 11.3 Å². The molecule has 0 bridgehead atoms. The van der Waals surface area contributed by atoms with Gasteiger partial charge in [-0.3, -0.25) is 0 Å². The van der Waals surface area contributed by atoms with Gasteiger partial charge >= 0.3 is 0 Å². The lowest BCUT2D eigenvalue weighted by Crippen LogP contribution is -2.22. The number of oxazole rings is 1. The normalized spacial score (nSPS) is 12.8. The molecule has 0 aliphatic heterocycles. The highest BCUT2D eigenvalue weighted by Gasteiger charge is 2.17. The second-order valence-corrected chi connectivity index (χ2v) is 6.43. The summed E-state index contributed by atoms with van der Waals surface area (Å²) in [5.41, 5.74) is 0.950. The summed E-state index contributed by atoms with van der Waals surface area (Å²) in [5, 5.41) is 5.46. The van der Waals surface area contributed by atoms with Gasteiger partial charge in [0.1, 0.15) is 6.26 Å². The third kappa shape index (κ3) is 3.84. The van der Waals surface area contributed by atoms with E-state index < -0.39 is 0 Å². The van der Waals surface area contributed by atoms with E-state index in [1.54, 1.807) is 17.6 Å². The highest BCUT2D eigenvalue weighted by molar-refractivity contribution is 7.10. The average molecular weight is 293 g/mol. The number of hydrogen-bond acceptors (Lipinski definition) is 5. The number of anilines is 1. The standard InChI is InChI=1S/C15H23N3OS/c1-11(2)8-16-9-13-10-19-15(17-13)18(4)12(3)14-6-5-7-20-14/h5-7,10-12,16H,8-9H2,1-4H3. The molecule has 0 saturated carbocycles. The molecule has 0 aliphatic rings. The lowest BCUT2D eigenvalue weighted by atomic mass is 10.2. The van der Waals surface area contributed by atoms with E-state index in [1.165, 1.54) is 4.88 Å². The molecule has 5 heteroatoms. The largest absolute Gasteiger partial charge is 0.432 e. The zero-order chi connectivity index (χ0) is 14.5. The molecule has 4 nitrogen and oxygen atoms in total. The highest BCUT2D eigenvalue weighted by atomic mass is 32.1. The molecule has 110 valence electrons. The van der Waals surface area contributed by atoms with Gasteiger partial charge in [-0.25, -0.2) is 0 Å². The van der Waals surface area contributed by atoms with E-state index >= 15 is 0 Å². The first-order valence-corrected chi connectivity index (χ1v) is 7.87. The Kier molecular flexibility index (Phi) is 5.20. The molecular weight excluding hydrogens is 270 g/mol. The minimum atomic E-state index is 0.269. The molecular formula is C15H23N3OS. The van der Waals surface area contributed by atoms with Gasteiger partial charge in [-0.05, 0) is 30.8 Å². The summed E-state index contributed by atoms with van der Waals surface area (Å²) in [6.07, 6.45) is 1.74. The summed E-state index contributed by atoms with van der Waals surface area (Å²) in [6.45, 7) is 8.29. The van der Waals surface area contributed by atoms with Crippen molar-refractivity contribution in [2.75, 3.05) is 18.5 Å². The molecule has 2 aromatic heterocycles. The van der Waals surface area contributed by atoms with Crippen LogP contribution in [0, 0.1) is 5.92 Å². The Balaban J connectivity index is 1.94. The second kappa shape index (κ2) is 6.90. The Labute approximate surface area is 124 Å². The number of nitrogens with one attached hydrogen (secondary N) is 1. The van der Waals surface area contributed by atoms with Gasteiger partial charge in [-0.2, -0.15) is 4.98 Å². The fourth-order valence-electron chi connectivity index (χ4n) is 1.91. The van der Waals surface area contributed by atoms with Gasteiger partial charge in [0, 0.05) is 18.5 Å². The average Bonchev–Trinajstić information content (AvgIpc) is 3.07. The highest BCUT2D eigenvalue weighted by Crippen LogP contribution is 2.27. The molecule has 20 heavy (non-hydrogen) atoms. The summed E-state index contributed by atoms with van der Waals surface area (Å²) >= 11 is 1.75. The molecule has 2 heterocycles. The Morgan fingerprint density at radius 3 is 2.85 bits per heavy atom. The van der Waals surface area contributed by atoms with Crippen LogP contribution < -0.4 is 10.2 Å². The number of rotatable bonds is 7. The van der Waals surface area contributed by atoms with Crippen molar-refractivity contribution >= 4 is 17.4 Å². The lowest BCUT2D eigenvalue weighted by molar-refractivity contribution is 0.524. The summed E-state index contributed by atoms with van der Waals surface area (Å²) in [5.74, 6) is 0.642. The first kappa shape index (κ1) is 15.1. The van der Waals surface area contributed by atoms with Crippen molar-refractivity contribution in [3.05, 3.63) is 34.3 Å². The molecule has 0 amide bonds. The van der Waals surface area contributed by atoms with Crippen molar-refractivity contribution < 1.29 is 4.42 Å². The molecule has 0 aliphatic carbocycles. The lowest BCUT2D eigenvalue weighted by Gasteiger charge is -2.21. The summed E-state index contributed by atoms with van der Waals surface area (Å²) in [6, 6.07) is 5.15. The van der Waals surface area contributed by atoms with Crippen molar-refractivity contribution in [1.82, 2.24) is 10.3 Å². The Bertz CT molecular complexity index is 507. The van der Waals surface area contributed by atoms with Gasteiger partial charge in [0.2, 0.25) is 0 Å². The predicted molar refractivity (Wildman–Crippen MR) is 84.2 cm³/mol. The molecule has 0 saturated heterocycles. The van der Waals surface area contributed by atoms with Crippen molar-refractivity contribution in [1.29, 1.82) is 0 Å². The maximum atomic E-state index is 5.58. The Hall–Kier alpha value is -1.33. The molecule has 1 atom stereocenters. The summed E-state index contributed by atoms with van der Waals surface area (Å²) < 4.78 is 5.58. The van der Waals surface area contributed by atoms with Crippen molar-refractivity contribution in [3.63, 3.8) is 0 Å². The maximum absolute atomic E-state index is 5.58. The third-order valence-corrected chi connectivity index (χ3v) is 4.28. The first-order valence-electron chi connectivity index (χ1n) is 6.99. The van der Waals surface area contributed by atoms with E-state index in [-0.39, 0.29) is 6.04 Å². The minimum Gasteiger partial charge on any atom is -0.432 e. The van der Waals surface area contributed by atoms with Crippen LogP contribution in [-0.4, -0.2) is 18.6 Å². The predicted octanol–water partition coefficient (Wildman–Crippen LogP) is 3.68. The molecule has 0 radical (unpaired) electrons. The van der Waals surface area contributed by atoms with Crippen molar-refractivity contribution in [2.45, 2.75) is 33.4 Å². The van der Waals surface area contributed by atoms with E-state index in [9.17, 15) is 0 Å². The Morgan fingerprint density at radius 1 is 1.40 bits per heavy atom. The van der Waals surface area contributed by atoms with Gasteiger partial charge < -0.3 is 14.6 Å². The third-order valence-electron chi connectivity index (χ3n) is 3.24.